The minimum Gasteiger partial charge on any atom is -0.271 e. The van der Waals surface area contributed by atoms with Crippen LogP contribution in [-0.4, -0.2) is 63.0 Å². The Labute approximate surface area is 184 Å². The molecule has 12 heteroatoms. The zero-order valence-electron chi connectivity index (χ0n) is 18.1. The van der Waals surface area contributed by atoms with E-state index in [1.165, 1.54) is 14.7 Å². The fourth-order valence-electron chi connectivity index (χ4n) is 2.89. The average Bonchev–Trinajstić information content (AvgIpc) is 2.69. The van der Waals surface area contributed by atoms with Gasteiger partial charge in [-0.2, -0.15) is 13.9 Å². The largest absolute Gasteiger partial charge is 0.271 e. The van der Waals surface area contributed by atoms with Crippen molar-refractivity contribution in [2.75, 3.05) is 32.4 Å². The summed E-state index contributed by atoms with van der Waals surface area (Å²) in [4.78, 5) is 4.01. The van der Waals surface area contributed by atoms with Crippen molar-refractivity contribution in [2.24, 2.45) is 4.99 Å². The number of sulfonamides is 2. The first kappa shape index (κ1) is 26.4. The van der Waals surface area contributed by atoms with Crippen molar-refractivity contribution in [1.82, 2.24) is 13.9 Å². The Kier molecular flexibility index (Phi) is 9.77. The van der Waals surface area contributed by atoms with E-state index in [2.05, 4.69) is 10.3 Å². The number of nitrogens with zero attached hydrogens (tertiary/aromatic N) is 4. The van der Waals surface area contributed by atoms with Crippen LogP contribution in [0.2, 0.25) is 0 Å². The number of hydrogen-bond acceptors (Lipinski definition) is 7. The Bertz CT molecular complexity index is 1020. The molecule has 0 aliphatic rings. The average molecular weight is 476 g/mol. The maximum Gasteiger partial charge on any atom is 0.245 e. The molecule has 1 aromatic rings. The standard InChI is InChI=1S/C18H29N5O4S3/c1-7-22(8-2)29(24,25)15-11-14(5)17(21-18(28-6)20-13-19)16(12-15)30(26,27)23(9-3)10-4/h11-12H,7-10H2,1-6H3,(H,20,21). The SMILES string of the molecule is CCN(CC)S(=O)(=O)c1cc(C)c(N=C(NC#N)SC)c(S(=O)(=O)N(CC)CC)c1. The molecule has 1 aromatic carbocycles. The topological polar surface area (TPSA) is 123 Å². The van der Waals surface area contributed by atoms with Crippen LogP contribution in [0.25, 0.3) is 0 Å². The van der Waals surface area contributed by atoms with Gasteiger partial charge in [0.1, 0.15) is 4.90 Å². The highest BCUT2D eigenvalue weighted by Gasteiger charge is 2.30. The molecule has 0 aliphatic heterocycles. The minimum atomic E-state index is -4.02. The van der Waals surface area contributed by atoms with Gasteiger partial charge in [-0.25, -0.2) is 21.8 Å². The maximum atomic E-state index is 13.3. The molecular formula is C18H29N5O4S3. The number of amidine groups is 1. The molecule has 0 unspecified atom stereocenters. The van der Waals surface area contributed by atoms with Gasteiger partial charge in [-0.1, -0.05) is 39.5 Å². The van der Waals surface area contributed by atoms with Crippen molar-refractivity contribution in [3.8, 4) is 6.19 Å². The molecule has 0 spiro atoms. The quantitative estimate of drug-likeness (QED) is 0.252. The van der Waals surface area contributed by atoms with Crippen LogP contribution < -0.4 is 5.32 Å². The Hall–Kier alpha value is -1.65. The molecule has 0 aromatic heterocycles. The Balaban J connectivity index is 3.96. The van der Waals surface area contributed by atoms with Crippen LogP contribution in [0.4, 0.5) is 5.69 Å². The van der Waals surface area contributed by atoms with Crippen molar-refractivity contribution in [2.45, 2.75) is 44.4 Å². The summed E-state index contributed by atoms with van der Waals surface area (Å²) in [6.07, 6.45) is 3.45. The third-order valence-corrected chi connectivity index (χ3v) is 9.15. The molecule has 1 N–H and O–H groups in total. The monoisotopic (exact) mass is 475 g/mol. The van der Waals surface area contributed by atoms with E-state index < -0.39 is 20.0 Å². The van der Waals surface area contributed by atoms with Crippen LogP contribution in [0.1, 0.15) is 33.3 Å². The van der Waals surface area contributed by atoms with E-state index >= 15 is 0 Å². The summed E-state index contributed by atoms with van der Waals surface area (Å²) in [6.45, 7) is 9.43. The van der Waals surface area contributed by atoms with Crippen LogP contribution in [-0.2, 0) is 20.0 Å². The van der Waals surface area contributed by atoms with Gasteiger partial charge in [0.05, 0.1) is 10.6 Å². The van der Waals surface area contributed by atoms with Crippen molar-refractivity contribution in [3.05, 3.63) is 17.7 Å². The first-order valence-electron chi connectivity index (χ1n) is 9.47. The predicted molar refractivity (Wildman–Crippen MR) is 121 cm³/mol. The highest BCUT2D eigenvalue weighted by Crippen LogP contribution is 2.35. The number of rotatable bonds is 9. The van der Waals surface area contributed by atoms with Gasteiger partial charge in [0.15, 0.2) is 11.4 Å². The van der Waals surface area contributed by atoms with E-state index in [0.717, 1.165) is 17.8 Å². The third-order valence-electron chi connectivity index (χ3n) is 4.47. The second-order valence-corrected chi connectivity index (χ2v) is 10.8. The van der Waals surface area contributed by atoms with Gasteiger partial charge in [-0.15, -0.1) is 0 Å². The number of nitrogens with one attached hydrogen (secondary N) is 1. The van der Waals surface area contributed by atoms with Crippen molar-refractivity contribution in [3.63, 3.8) is 0 Å². The van der Waals surface area contributed by atoms with Crippen LogP contribution >= 0.6 is 11.8 Å². The highest BCUT2D eigenvalue weighted by molar-refractivity contribution is 8.13. The predicted octanol–water partition coefficient (Wildman–Crippen LogP) is 2.48. The molecule has 0 heterocycles. The fourth-order valence-corrected chi connectivity index (χ4v) is 6.55. The second kappa shape index (κ2) is 11.1. The highest BCUT2D eigenvalue weighted by atomic mass is 32.2. The van der Waals surface area contributed by atoms with Gasteiger partial charge >= 0.3 is 0 Å². The Morgan fingerprint density at radius 3 is 1.97 bits per heavy atom. The van der Waals surface area contributed by atoms with E-state index in [0.29, 0.717) is 5.56 Å². The molecule has 168 valence electrons. The van der Waals surface area contributed by atoms with E-state index in [1.54, 1.807) is 47.1 Å². The molecule has 0 saturated carbocycles. The molecule has 0 bridgehead atoms. The smallest absolute Gasteiger partial charge is 0.245 e. The molecule has 0 aliphatic carbocycles. The molecule has 30 heavy (non-hydrogen) atoms. The lowest BCUT2D eigenvalue weighted by molar-refractivity contribution is 0.443. The number of benzene rings is 1. The van der Waals surface area contributed by atoms with Crippen LogP contribution in [0.15, 0.2) is 26.9 Å². The van der Waals surface area contributed by atoms with Gasteiger partial charge in [-0.3, -0.25) is 5.32 Å². The summed E-state index contributed by atoms with van der Waals surface area (Å²) in [6, 6.07) is 2.58. The zero-order chi connectivity index (χ0) is 23.1. The Morgan fingerprint density at radius 2 is 1.53 bits per heavy atom. The second-order valence-electron chi connectivity index (χ2n) is 6.12. The molecule has 0 atom stereocenters. The maximum absolute atomic E-state index is 13.3. The lowest BCUT2D eigenvalue weighted by Gasteiger charge is -2.23. The molecule has 0 amide bonds. The normalized spacial score (nSPS) is 13.0. The van der Waals surface area contributed by atoms with Gasteiger partial charge in [-0.05, 0) is 30.9 Å². The summed E-state index contributed by atoms with van der Waals surface area (Å²) in [7, 11) is -7.90. The molecule has 1 rings (SSSR count). The molecule has 0 saturated heterocycles. The summed E-state index contributed by atoms with van der Waals surface area (Å²) >= 11 is 1.14. The van der Waals surface area contributed by atoms with E-state index in [9.17, 15) is 16.8 Å². The van der Waals surface area contributed by atoms with E-state index in [-0.39, 0.29) is 46.8 Å². The number of aryl methyl sites for hydroxylation is 1. The number of hydrogen-bond donors (Lipinski definition) is 1. The van der Waals surface area contributed by atoms with Crippen molar-refractivity contribution < 1.29 is 16.8 Å². The summed E-state index contributed by atoms with van der Waals surface area (Å²) < 4.78 is 55.3. The van der Waals surface area contributed by atoms with Crippen molar-refractivity contribution in [1.29, 1.82) is 5.26 Å². The van der Waals surface area contributed by atoms with Gasteiger partial charge in [0.2, 0.25) is 20.0 Å². The molecule has 0 radical (unpaired) electrons. The molecule has 9 nitrogen and oxygen atoms in total. The number of nitriles is 1. The lowest BCUT2D eigenvalue weighted by Crippen LogP contribution is -2.32. The van der Waals surface area contributed by atoms with Crippen molar-refractivity contribution >= 4 is 42.7 Å². The summed E-state index contributed by atoms with van der Waals surface area (Å²) in [5.41, 5.74) is 0.479. The lowest BCUT2D eigenvalue weighted by atomic mass is 10.2. The summed E-state index contributed by atoms with van der Waals surface area (Å²) in [5.74, 6) is 0. The fraction of sp³-hybridized carbons (Fsp3) is 0.556. The Morgan fingerprint density at radius 1 is 1.03 bits per heavy atom. The third kappa shape index (κ3) is 5.53. The van der Waals surface area contributed by atoms with Gasteiger partial charge < -0.3 is 0 Å². The minimum absolute atomic E-state index is 0.104. The van der Waals surface area contributed by atoms with Gasteiger partial charge in [0.25, 0.3) is 0 Å². The van der Waals surface area contributed by atoms with E-state index in [4.69, 9.17) is 5.26 Å². The number of thioether (sulfide) groups is 1. The molecular weight excluding hydrogens is 446 g/mol. The zero-order valence-corrected chi connectivity index (χ0v) is 20.6. The van der Waals surface area contributed by atoms with Gasteiger partial charge in [0, 0.05) is 26.2 Å². The summed E-state index contributed by atoms with van der Waals surface area (Å²) in [5, 5.41) is 11.5. The first-order valence-corrected chi connectivity index (χ1v) is 13.6. The van der Waals surface area contributed by atoms with Crippen LogP contribution in [0.3, 0.4) is 0 Å². The molecule has 0 fully saturated rings. The van der Waals surface area contributed by atoms with E-state index in [1.807, 2.05) is 0 Å². The number of aliphatic imine (C=N–C) groups is 1. The van der Waals surface area contributed by atoms with Crippen LogP contribution in [0, 0.1) is 18.4 Å². The first-order chi connectivity index (χ1) is 14.0. The van der Waals surface area contributed by atoms with Crippen LogP contribution in [0.5, 0.6) is 0 Å².